The molecule has 0 saturated heterocycles. The number of hydrogen-bond acceptors (Lipinski definition) is 5. The molecule has 1 aromatic heterocycles. The minimum absolute atomic E-state index is 0.124. The van der Waals surface area contributed by atoms with Gasteiger partial charge in [-0.05, 0) is 24.6 Å². The van der Waals surface area contributed by atoms with Gasteiger partial charge < -0.3 is 19.2 Å². The summed E-state index contributed by atoms with van der Waals surface area (Å²) in [6.45, 7) is 1.93. The van der Waals surface area contributed by atoms with Crippen molar-refractivity contribution in [3.8, 4) is 17.2 Å². The maximum Gasteiger partial charge on any atom is 0.312 e. The topological polar surface area (TPSA) is 77.6 Å². The van der Waals surface area contributed by atoms with Gasteiger partial charge in [-0.15, -0.1) is 0 Å². The van der Waals surface area contributed by atoms with Crippen LogP contribution in [-0.2, 0) is 4.79 Å². The molecule has 1 unspecified atom stereocenters. The van der Waals surface area contributed by atoms with E-state index in [2.05, 4.69) is 4.98 Å². The summed E-state index contributed by atoms with van der Waals surface area (Å²) in [5, 5.41) is 0. The molecule has 1 aromatic carbocycles. The van der Waals surface area contributed by atoms with Gasteiger partial charge in [0.05, 0.1) is 12.0 Å². The van der Waals surface area contributed by atoms with Gasteiger partial charge in [-0.25, -0.2) is 0 Å². The quantitative estimate of drug-likeness (QED) is 0.813. The molecule has 0 amide bonds. The lowest BCUT2D eigenvalue weighted by Crippen LogP contribution is -2.28. The lowest BCUT2D eigenvalue weighted by molar-refractivity contribution is -0.135. The molecule has 0 spiro atoms. The number of fused-ring (bicyclic) bond motifs is 2. The molecule has 0 bridgehead atoms. The fraction of sp³-hybridized carbons (Fsp3) is 0.250. The van der Waals surface area contributed by atoms with Gasteiger partial charge in [0.15, 0.2) is 11.5 Å². The van der Waals surface area contributed by atoms with Gasteiger partial charge in [0.1, 0.15) is 5.75 Å². The molecule has 4 rings (SSSR count). The van der Waals surface area contributed by atoms with Crippen LogP contribution < -0.4 is 19.8 Å². The fourth-order valence-corrected chi connectivity index (χ4v) is 2.93. The van der Waals surface area contributed by atoms with E-state index in [-0.39, 0.29) is 30.7 Å². The Bertz CT molecular complexity index is 839. The number of rotatable bonds is 1. The number of aromatic amines is 1. The largest absolute Gasteiger partial charge is 0.454 e. The Morgan fingerprint density at radius 3 is 2.77 bits per heavy atom. The van der Waals surface area contributed by atoms with Gasteiger partial charge in [-0.3, -0.25) is 9.59 Å². The van der Waals surface area contributed by atoms with Crippen molar-refractivity contribution in [3.05, 3.63) is 51.4 Å². The van der Waals surface area contributed by atoms with Crippen LogP contribution >= 0.6 is 0 Å². The molecule has 1 atom stereocenters. The first-order valence-corrected chi connectivity index (χ1v) is 6.96. The van der Waals surface area contributed by atoms with Crippen LogP contribution in [0.25, 0.3) is 0 Å². The Morgan fingerprint density at radius 1 is 1.09 bits per heavy atom. The van der Waals surface area contributed by atoms with Crippen LogP contribution in [0.15, 0.2) is 29.1 Å². The normalized spacial score (nSPS) is 18.8. The Labute approximate surface area is 125 Å². The SMILES string of the molecule is Cc1cc2c(c(=O)[nH]1)C(c1ccc3c(c1)OCO3)CC(=O)O2. The highest BCUT2D eigenvalue weighted by Crippen LogP contribution is 2.40. The maximum atomic E-state index is 12.3. The number of aromatic nitrogens is 1. The third-order valence-corrected chi connectivity index (χ3v) is 3.91. The number of benzene rings is 1. The molecule has 0 saturated carbocycles. The van der Waals surface area contributed by atoms with E-state index in [4.69, 9.17) is 14.2 Å². The molecule has 1 N–H and O–H groups in total. The number of pyridine rings is 1. The summed E-state index contributed by atoms with van der Waals surface area (Å²) in [7, 11) is 0. The third-order valence-electron chi connectivity index (χ3n) is 3.91. The number of carbonyl (C=O) groups excluding carboxylic acids is 1. The fourth-order valence-electron chi connectivity index (χ4n) is 2.93. The molecule has 0 fully saturated rings. The first-order valence-electron chi connectivity index (χ1n) is 6.96. The van der Waals surface area contributed by atoms with Crippen molar-refractivity contribution >= 4 is 5.97 Å². The highest BCUT2D eigenvalue weighted by molar-refractivity contribution is 5.77. The summed E-state index contributed by atoms with van der Waals surface area (Å²) in [6, 6.07) is 7.13. The van der Waals surface area contributed by atoms with Crippen molar-refractivity contribution in [2.45, 2.75) is 19.3 Å². The Morgan fingerprint density at radius 2 is 1.91 bits per heavy atom. The van der Waals surface area contributed by atoms with Crippen LogP contribution in [0.2, 0.25) is 0 Å². The molecular formula is C16H13NO5. The van der Waals surface area contributed by atoms with Crippen molar-refractivity contribution in [2.24, 2.45) is 0 Å². The van der Waals surface area contributed by atoms with Crippen molar-refractivity contribution in [3.63, 3.8) is 0 Å². The molecule has 2 aliphatic heterocycles. The second-order valence-corrected chi connectivity index (χ2v) is 5.40. The minimum atomic E-state index is -0.352. The van der Waals surface area contributed by atoms with Crippen LogP contribution in [0.1, 0.15) is 29.2 Å². The molecule has 0 radical (unpaired) electrons. The number of nitrogens with one attached hydrogen (secondary N) is 1. The predicted octanol–water partition coefficient (Wildman–Crippen LogP) is 1.85. The van der Waals surface area contributed by atoms with E-state index in [0.717, 1.165) is 5.56 Å². The Kier molecular flexibility index (Phi) is 2.72. The van der Waals surface area contributed by atoms with E-state index in [9.17, 15) is 9.59 Å². The van der Waals surface area contributed by atoms with E-state index in [1.54, 1.807) is 19.1 Å². The predicted molar refractivity (Wildman–Crippen MR) is 76.5 cm³/mol. The number of H-pyrrole nitrogens is 1. The highest BCUT2D eigenvalue weighted by atomic mass is 16.7. The van der Waals surface area contributed by atoms with Crippen LogP contribution in [0, 0.1) is 6.92 Å². The highest BCUT2D eigenvalue weighted by Gasteiger charge is 2.32. The minimum Gasteiger partial charge on any atom is -0.454 e. The molecule has 6 heteroatoms. The van der Waals surface area contributed by atoms with Gasteiger partial charge in [-0.2, -0.15) is 0 Å². The molecule has 22 heavy (non-hydrogen) atoms. The second-order valence-electron chi connectivity index (χ2n) is 5.40. The summed E-state index contributed by atoms with van der Waals surface area (Å²) in [4.78, 5) is 26.9. The first kappa shape index (κ1) is 12.9. The van der Waals surface area contributed by atoms with Gasteiger partial charge in [-0.1, -0.05) is 6.07 Å². The van der Waals surface area contributed by atoms with Gasteiger partial charge in [0, 0.05) is 17.7 Å². The van der Waals surface area contributed by atoms with Crippen molar-refractivity contribution in [1.82, 2.24) is 4.98 Å². The number of esters is 1. The average Bonchev–Trinajstić information content (AvgIpc) is 2.92. The standard InChI is InChI=1S/C16H13NO5/c1-8-4-13-15(16(19)17-8)10(6-14(18)22-13)9-2-3-11-12(5-9)21-7-20-11/h2-5,10H,6-7H2,1H3,(H,17,19). The summed E-state index contributed by atoms with van der Waals surface area (Å²) in [6.07, 6.45) is 0.124. The zero-order valence-corrected chi connectivity index (χ0v) is 11.8. The van der Waals surface area contributed by atoms with E-state index >= 15 is 0 Å². The first-order chi connectivity index (χ1) is 10.6. The van der Waals surface area contributed by atoms with Gasteiger partial charge >= 0.3 is 5.97 Å². The Balaban J connectivity index is 1.87. The second kappa shape index (κ2) is 4.62. The summed E-state index contributed by atoms with van der Waals surface area (Å²) >= 11 is 0. The van der Waals surface area contributed by atoms with Crippen LogP contribution in [0.3, 0.4) is 0 Å². The third kappa shape index (κ3) is 1.95. The number of hydrogen-bond donors (Lipinski definition) is 1. The van der Waals surface area contributed by atoms with Gasteiger partial charge in [0.25, 0.3) is 5.56 Å². The number of ether oxygens (including phenoxy) is 3. The average molecular weight is 299 g/mol. The molecular weight excluding hydrogens is 286 g/mol. The number of carbonyl (C=O) groups is 1. The molecule has 112 valence electrons. The van der Waals surface area contributed by atoms with Crippen molar-refractivity contribution < 1.29 is 19.0 Å². The number of aryl methyl sites for hydroxylation is 1. The van der Waals surface area contributed by atoms with Crippen LogP contribution in [0.4, 0.5) is 0 Å². The summed E-state index contributed by atoms with van der Waals surface area (Å²) in [5.74, 6) is 0.928. The zero-order chi connectivity index (χ0) is 15.3. The van der Waals surface area contributed by atoms with Gasteiger partial charge in [0.2, 0.25) is 6.79 Å². The van der Waals surface area contributed by atoms with Crippen LogP contribution in [0.5, 0.6) is 17.2 Å². The smallest absolute Gasteiger partial charge is 0.312 e. The lowest BCUT2D eigenvalue weighted by Gasteiger charge is -2.24. The van der Waals surface area contributed by atoms with E-state index in [1.807, 2.05) is 12.1 Å². The Hall–Kier alpha value is -2.76. The summed E-state index contributed by atoms with van der Waals surface area (Å²) in [5.41, 5.74) is 1.73. The molecule has 0 aliphatic carbocycles. The molecule has 6 nitrogen and oxygen atoms in total. The van der Waals surface area contributed by atoms with E-state index in [0.29, 0.717) is 28.5 Å². The van der Waals surface area contributed by atoms with Crippen LogP contribution in [-0.4, -0.2) is 17.7 Å². The van der Waals surface area contributed by atoms with Crippen molar-refractivity contribution in [1.29, 1.82) is 0 Å². The van der Waals surface area contributed by atoms with Crippen molar-refractivity contribution in [2.75, 3.05) is 6.79 Å². The maximum absolute atomic E-state index is 12.3. The zero-order valence-electron chi connectivity index (χ0n) is 11.8. The molecule has 3 heterocycles. The molecule has 2 aliphatic rings. The van der Waals surface area contributed by atoms with E-state index < -0.39 is 0 Å². The molecule has 2 aromatic rings. The lowest BCUT2D eigenvalue weighted by atomic mass is 9.87. The monoisotopic (exact) mass is 299 g/mol. The summed E-state index contributed by atoms with van der Waals surface area (Å²) < 4.78 is 15.9. The van der Waals surface area contributed by atoms with E-state index in [1.165, 1.54) is 0 Å².